The average Bonchev–Trinajstić information content (AvgIpc) is 3.51. The van der Waals surface area contributed by atoms with Gasteiger partial charge in [0.1, 0.15) is 0 Å². The second kappa shape index (κ2) is 10.7. The third-order valence-corrected chi connectivity index (χ3v) is 8.08. The highest BCUT2D eigenvalue weighted by atomic mass is 32.2. The van der Waals surface area contributed by atoms with E-state index >= 15 is 0 Å². The van der Waals surface area contributed by atoms with Crippen molar-refractivity contribution in [3.63, 3.8) is 0 Å². The molecule has 3 aromatic carbocycles. The normalized spacial score (nSPS) is 17.7. The lowest BCUT2D eigenvalue weighted by Crippen LogP contribution is -2.40. The number of benzene rings is 3. The first-order chi connectivity index (χ1) is 16.7. The molecule has 3 aromatic rings. The first kappa shape index (κ1) is 23.0. The maximum atomic E-state index is 13.0. The Morgan fingerprint density at radius 3 is 2.47 bits per heavy atom. The fraction of sp³-hybridized carbons (Fsp3) is 0.367. The van der Waals surface area contributed by atoms with Crippen LogP contribution in [0.3, 0.4) is 0 Å². The molecule has 0 spiro atoms. The Morgan fingerprint density at radius 1 is 0.971 bits per heavy atom. The Balaban J connectivity index is 1.29. The van der Waals surface area contributed by atoms with Gasteiger partial charge in [0.15, 0.2) is 0 Å². The van der Waals surface area contributed by atoms with E-state index < -0.39 is 0 Å². The second-order valence-electron chi connectivity index (χ2n) is 9.50. The lowest BCUT2D eigenvalue weighted by atomic mass is 10.0. The molecule has 0 saturated heterocycles. The van der Waals surface area contributed by atoms with Crippen LogP contribution in [0.2, 0.25) is 0 Å². The summed E-state index contributed by atoms with van der Waals surface area (Å²) in [5, 5.41) is 3.12. The number of anilines is 1. The molecule has 5 rings (SSSR count). The fourth-order valence-corrected chi connectivity index (χ4v) is 6.24. The van der Waals surface area contributed by atoms with Crippen molar-refractivity contribution in [2.75, 3.05) is 10.7 Å². The van der Waals surface area contributed by atoms with Crippen molar-refractivity contribution in [1.29, 1.82) is 0 Å². The summed E-state index contributed by atoms with van der Waals surface area (Å²) in [4.78, 5) is 16.9. The molecule has 1 fully saturated rings. The van der Waals surface area contributed by atoms with E-state index in [-0.39, 0.29) is 5.91 Å². The van der Waals surface area contributed by atoms with Crippen LogP contribution >= 0.6 is 11.8 Å². The third kappa shape index (κ3) is 5.17. The zero-order chi connectivity index (χ0) is 23.3. The highest BCUT2D eigenvalue weighted by Gasteiger charge is 2.35. The number of amides is 1. The number of fused-ring (bicyclic) bond motifs is 1. The summed E-state index contributed by atoms with van der Waals surface area (Å²) in [7, 11) is 0. The van der Waals surface area contributed by atoms with Gasteiger partial charge in [0, 0.05) is 34.8 Å². The zero-order valence-corrected chi connectivity index (χ0v) is 20.8. The highest BCUT2D eigenvalue weighted by Crippen LogP contribution is 2.40. The van der Waals surface area contributed by atoms with Gasteiger partial charge in [-0.15, -0.1) is 11.8 Å². The summed E-state index contributed by atoms with van der Waals surface area (Å²) in [5.74, 6) is 1.08. The minimum Gasteiger partial charge on any atom is -0.365 e. The van der Waals surface area contributed by atoms with Gasteiger partial charge in [-0.2, -0.15) is 0 Å². The quantitative estimate of drug-likeness (QED) is 0.374. The summed E-state index contributed by atoms with van der Waals surface area (Å²) in [6.07, 6.45) is 7.28. The Morgan fingerprint density at radius 2 is 1.74 bits per heavy atom. The predicted molar refractivity (Wildman–Crippen MR) is 143 cm³/mol. The summed E-state index contributed by atoms with van der Waals surface area (Å²) in [6, 6.07) is 26.8. The van der Waals surface area contributed by atoms with E-state index in [1.54, 1.807) is 0 Å². The molecule has 0 aromatic heterocycles. The van der Waals surface area contributed by atoms with Gasteiger partial charge in [-0.05, 0) is 78.5 Å². The lowest BCUT2D eigenvalue weighted by molar-refractivity contribution is 0.0951. The van der Waals surface area contributed by atoms with Crippen molar-refractivity contribution in [3.05, 3.63) is 95.1 Å². The van der Waals surface area contributed by atoms with Crippen LogP contribution in [0.15, 0.2) is 77.7 Å². The predicted octanol–water partition coefficient (Wildman–Crippen LogP) is 6.65. The van der Waals surface area contributed by atoms with Crippen molar-refractivity contribution in [3.8, 4) is 0 Å². The number of rotatable bonds is 8. The molecule has 1 heterocycles. The van der Waals surface area contributed by atoms with Gasteiger partial charge in [0.2, 0.25) is 0 Å². The molecule has 34 heavy (non-hydrogen) atoms. The van der Waals surface area contributed by atoms with Crippen LogP contribution in [0.1, 0.15) is 59.7 Å². The van der Waals surface area contributed by atoms with Crippen molar-refractivity contribution in [2.24, 2.45) is 0 Å². The van der Waals surface area contributed by atoms with Gasteiger partial charge in [-0.1, -0.05) is 62.2 Å². The van der Waals surface area contributed by atoms with Crippen LogP contribution in [0.25, 0.3) is 0 Å². The number of hydrogen-bond donors (Lipinski definition) is 1. The largest absolute Gasteiger partial charge is 0.365 e. The van der Waals surface area contributed by atoms with E-state index in [0.717, 1.165) is 29.7 Å². The van der Waals surface area contributed by atoms with Gasteiger partial charge < -0.3 is 10.2 Å². The standard InChI is InChI=1S/C30H34N2OS/c1-2-34-28-15-12-23(13-16-28)21-31-30(33)24-14-17-29-25(19-24)20-27(18-22-8-4-3-5-9-22)32(29)26-10-6-7-11-26/h3-5,8-9,12-17,19,26-27H,2,6-7,10-11,18,20-21H2,1H3,(H,31,33). The number of carbonyl (C=O) groups excluding carboxylic acids is 1. The van der Waals surface area contributed by atoms with E-state index in [0.29, 0.717) is 18.6 Å². The molecule has 1 amide bonds. The van der Waals surface area contributed by atoms with Crippen molar-refractivity contribution in [1.82, 2.24) is 5.32 Å². The molecule has 1 aliphatic carbocycles. The molecule has 1 saturated carbocycles. The fourth-order valence-electron chi connectivity index (χ4n) is 5.58. The highest BCUT2D eigenvalue weighted by molar-refractivity contribution is 7.99. The molecule has 1 N–H and O–H groups in total. The molecule has 1 aliphatic heterocycles. The monoisotopic (exact) mass is 470 g/mol. The van der Waals surface area contributed by atoms with E-state index in [9.17, 15) is 4.79 Å². The van der Waals surface area contributed by atoms with Crippen LogP contribution in [0.4, 0.5) is 5.69 Å². The van der Waals surface area contributed by atoms with Crippen LogP contribution < -0.4 is 10.2 Å². The van der Waals surface area contributed by atoms with Gasteiger partial charge >= 0.3 is 0 Å². The molecule has 0 radical (unpaired) electrons. The van der Waals surface area contributed by atoms with Crippen molar-refractivity contribution < 1.29 is 4.79 Å². The minimum absolute atomic E-state index is 0.00809. The van der Waals surface area contributed by atoms with Gasteiger partial charge in [0.25, 0.3) is 5.91 Å². The van der Waals surface area contributed by atoms with Crippen molar-refractivity contribution >= 4 is 23.4 Å². The molecule has 4 heteroatoms. The summed E-state index contributed by atoms with van der Waals surface area (Å²) >= 11 is 1.83. The molecule has 176 valence electrons. The van der Waals surface area contributed by atoms with E-state index in [4.69, 9.17) is 0 Å². The first-order valence-electron chi connectivity index (χ1n) is 12.7. The number of nitrogens with zero attached hydrogens (tertiary/aromatic N) is 1. The molecular weight excluding hydrogens is 436 g/mol. The Hall–Kier alpha value is -2.72. The van der Waals surface area contributed by atoms with Crippen LogP contribution in [0.5, 0.6) is 0 Å². The zero-order valence-electron chi connectivity index (χ0n) is 20.0. The molecule has 1 unspecified atom stereocenters. The number of thioether (sulfide) groups is 1. The molecule has 0 bridgehead atoms. The van der Waals surface area contributed by atoms with Gasteiger partial charge in [0.05, 0.1) is 0 Å². The second-order valence-corrected chi connectivity index (χ2v) is 10.8. The molecule has 3 nitrogen and oxygen atoms in total. The maximum Gasteiger partial charge on any atom is 0.251 e. The topological polar surface area (TPSA) is 32.3 Å². The summed E-state index contributed by atoms with van der Waals surface area (Å²) in [6.45, 7) is 2.71. The van der Waals surface area contributed by atoms with E-state index in [2.05, 4.69) is 83.9 Å². The van der Waals surface area contributed by atoms with Gasteiger partial charge in [-0.3, -0.25) is 4.79 Å². The molecule has 2 aliphatic rings. The lowest BCUT2D eigenvalue weighted by Gasteiger charge is -2.34. The van der Waals surface area contributed by atoms with Crippen LogP contribution in [0, 0.1) is 0 Å². The maximum absolute atomic E-state index is 13.0. The van der Waals surface area contributed by atoms with Crippen molar-refractivity contribution in [2.45, 2.75) is 69.0 Å². The number of nitrogens with one attached hydrogen (secondary N) is 1. The van der Waals surface area contributed by atoms with E-state index in [1.165, 1.54) is 47.4 Å². The van der Waals surface area contributed by atoms with Crippen LogP contribution in [-0.2, 0) is 19.4 Å². The SMILES string of the molecule is CCSc1ccc(CNC(=O)c2ccc3c(c2)CC(Cc2ccccc2)N3C2CCCC2)cc1. The number of carbonyl (C=O) groups is 1. The Bertz CT molecular complexity index is 1110. The van der Waals surface area contributed by atoms with E-state index in [1.807, 2.05) is 17.8 Å². The Kier molecular flexibility index (Phi) is 7.24. The molecular formula is C30H34N2OS. The van der Waals surface area contributed by atoms with Crippen LogP contribution in [-0.4, -0.2) is 23.7 Å². The summed E-state index contributed by atoms with van der Waals surface area (Å²) in [5.41, 5.74) is 5.95. The Labute approximate surface area is 208 Å². The van der Waals surface area contributed by atoms with Gasteiger partial charge in [-0.25, -0.2) is 0 Å². The molecule has 1 atom stereocenters. The first-order valence-corrected chi connectivity index (χ1v) is 13.6. The number of hydrogen-bond acceptors (Lipinski definition) is 3. The smallest absolute Gasteiger partial charge is 0.251 e. The average molecular weight is 471 g/mol. The minimum atomic E-state index is 0.00809. The summed E-state index contributed by atoms with van der Waals surface area (Å²) < 4.78 is 0. The third-order valence-electron chi connectivity index (χ3n) is 7.19.